The summed E-state index contributed by atoms with van der Waals surface area (Å²) in [6.07, 6.45) is 1.37. The Bertz CT molecular complexity index is 1010. The number of rotatable bonds is 2. The van der Waals surface area contributed by atoms with Crippen LogP contribution < -0.4 is 16.2 Å². The van der Waals surface area contributed by atoms with E-state index in [-0.39, 0.29) is 41.1 Å². The second-order valence-corrected chi connectivity index (χ2v) is 9.74. The van der Waals surface area contributed by atoms with Crippen molar-refractivity contribution in [2.24, 2.45) is 11.3 Å². The van der Waals surface area contributed by atoms with Crippen LogP contribution in [0.2, 0.25) is 0 Å². The Balaban J connectivity index is 1.64. The van der Waals surface area contributed by atoms with Gasteiger partial charge in [-0.15, -0.1) is 0 Å². The number of carbonyl (C=O) groups is 1. The summed E-state index contributed by atoms with van der Waals surface area (Å²) in [7, 11) is 0. The lowest BCUT2D eigenvalue weighted by Crippen LogP contribution is -2.51. The maximum atomic E-state index is 13.7. The highest BCUT2D eigenvalue weighted by Gasteiger charge is 2.51. The van der Waals surface area contributed by atoms with Gasteiger partial charge < -0.3 is 5.32 Å². The molecule has 5 heteroatoms. The summed E-state index contributed by atoms with van der Waals surface area (Å²) in [5.74, 6) is -0.0605. The standard InChI is InChI=1S/C25H28FN3O/c1-14-4-6-16(7-5-14)23-22-20(15-8-10-17(26)11-9-15)21-18(27-24(22)29-28-23)12-25(2,3)13-19(21)30/h4-11,20,22-24,27-29H,12-13H2,1-3H3. The van der Waals surface area contributed by atoms with Gasteiger partial charge >= 0.3 is 0 Å². The van der Waals surface area contributed by atoms with Gasteiger partial charge in [-0.25, -0.2) is 15.2 Å². The van der Waals surface area contributed by atoms with Crippen molar-refractivity contribution in [3.8, 4) is 0 Å². The summed E-state index contributed by atoms with van der Waals surface area (Å²) in [5, 5.41) is 3.64. The van der Waals surface area contributed by atoms with Crippen molar-refractivity contribution < 1.29 is 9.18 Å². The van der Waals surface area contributed by atoms with E-state index < -0.39 is 0 Å². The second kappa shape index (κ2) is 7.03. The van der Waals surface area contributed by atoms with Gasteiger partial charge in [-0.2, -0.15) is 0 Å². The summed E-state index contributed by atoms with van der Waals surface area (Å²) in [6, 6.07) is 15.2. The Kier molecular flexibility index (Phi) is 4.56. The van der Waals surface area contributed by atoms with E-state index in [1.807, 2.05) is 12.1 Å². The van der Waals surface area contributed by atoms with Crippen LogP contribution in [0, 0.1) is 24.1 Å². The molecule has 4 nitrogen and oxygen atoms in total. The first-order valence-corrected chi connectivity index (χ1v) is 10.7. The predicted molar refractivity (Wildman–Crippen MR) is 115 cm³/mol. The number of nitrogens with one attached hydrogen (secondary N) is 3. The van der Waals surface area contributed by atoms with Crippen molar-refractivity contribution in [3.05, 3.63) is 82.3 Å². The van der Waals surface area contributed by atoms with Crippen molar-refractivity contribution in [1.82, 2.24) is 16.2 Å². The number of allylic oxidation sites excluding steroid dienone is 2. The number of ketones is 1. The third-order valence-corrected chi connectivity index (χ3v) is 6.78. The molecular formula is C25H28FN3O. The molecule has 4 atom stereocenters. The van der Waals surface area contributed by atoms with E-state index >= 15 is 0 Å². The van der Waals surface area contributed by atoms with Gasteiger partial charge in [0.2, 0.25) is 0 Å². The zero-order valence-corrected chi connectivity index (χ0v) is 17.6. The van der Waals surface area contributed by atoms with Gasteiger partial charge in [0.15, 0.2) is 5.78 Å². The van der Waals surface area contributed by atoms with E-state index in [1.54, 1.807) is 0 Å². The van der Waals surface area contributed by atoms with Crippen LogP contribution in [0.1, 0.15) is 55.3 Å². The van der Waals surface area contributed by atoms with E-state index in [0.717, 1.165) is 23.3 Å². The fourth-order valence-electron chi connectivity index (χ4n) is 5.42. The summed E-state index contributed by atoms with van der Waals surface area (Å²) in [4.78, 5) is 13.4. The van der Waals surface area contributed by atoms with Crippen LogP contribution in [0.15, 0.2) is 59.8 Å². The Morgan fingerprint density at radius 2 is 1.60 bits per heavy atom. The number of hydrazine groups is 1. The molecule has 1 fully saturated rings. The highest BCUT2D eigenvalue weighted by atomic mass is 19.1. The number of aryl methyl sites for hydroxylation is 1. The van der Waals surface area contributed by atoms with Gasteiger partial charge in [0.05, 0.1) is 12.2 Å². The van der Waals surface area contributed by atoms with Gasteiger partial charge in [-0.3, -0.25) is 4.79 Å². The molecule has 5 rings (SSSR count). The number of Topliss-reactive ketones (excluding diaryl/α,β-unsaturated/α-hetero) is 1. The minimum atomic E-state index is -0.257. The highest BCUT2D eigenvalue weighted by molar-refractivity contribution is 5.99. The molecule has 0 bridgehead atoms. The van der Waals surface area contributed by atoms with Gasteiger partial charge in [0.1, 0.15) is 5.82 Å². The number of carbonyl (C=O) groups excluding carboxylic acids is 1. The average Bonchev–Trinajstić information content (AvgIpc) is 3.10. The topological polar surface area (TPSA) is 53.2 Å². The van der Waals surface area contributed by atoms with Crippen LogP contribution in [0.4, 0.5) is 4.39 Å². The Morgan fingerprint density at radius 3 is 2.30 bits per heavy atom. The minimum absolute atomic E-state index is 0.00759. The SMILES string of the molecule is Cc1ccc(C2NNC3NC4=C(C(=O)CC(C)(C)C4)C(c4ccc(F)cc4)C32)cc1. The van der Waals surface area contributed by atoms with E-state index in [2.05, 4.69) is 61.2 Å². The second-order valence-electron chi connectivity index (χ2n) is 9.74. The van der Waals surface area contributed by atoms with Crippen molar-refractivity contribution in [1.29, 1.82) is 0 Å². The van der Waals surface area contributed by atoms with Crippen LogP contribution >= 0.6 is 0 Å². The quantitative estimate of drug-likeness (QED) is 0.699. The lowest BCUT2D eigenvalue weighted by molar-refractivity contribution is -0.118. The fourth-order valence-corrected chi connectivity index (χ4v) is 5.42. The first-order valence-electron chi connectivity index (χ1n) is 10.7. The van der Waals surface area contributed by atoms with Crippen LogP contribution in [0.3, 0.4) is 0 Å². The van der Waals surface area contributed by atoms with Crippen molar-refractivity contribution in [2.75, 3.05) is 0 Å². The maximum absolute atomic E-state index is 13.7. The smallest absolute Gasteiger partial charge is 0.161 e. The monoisotopic (exact) mass is 405 g/mol. The molecule has 1 saturated heterocycles. The molecule has 2 aliphatic heterocycles. The Morgan fingerprint density at radius 1 is 0.933 bits per heavy atom. The zero-order valence-electron chi connectivity index (χ0n) is 17.6. The summed E-state index contributed by atoms with van der Waals surface area (Å²) < 4.78 is 13.7. The number of hydrogen-bond acceptors (Lipinski definition) is 4. The van der Waals surface area contributed by atoms with Crippen molar-refractivity contribution >= 4 is 5.78 Å². The Hall–Kier alpha value is -2.50. The summed E-state index contributed by atoms with van der Waals surface area (Å²) in [6.45, 7) is 6.37. The van der Waals surface area contributed by atoms with Gasteiger partial charge in [0.25, 0.3) is 0 Å². The molecule has 3 aliphatic rings. The lowest BCUT2D eigenvalue weighted by atomic mass is 9.65. The van der Waals surface area contributed by atoms with E-state index in [1.165, 1.54) is 23.3 Å². The molecule has 4 unspecified atom stereocenters. The number of halogens is 1. The third kappa shape index (κ3) is 3.26. The van der Waals surface area contributed by atoms with Crippen LogP contribution in [0.5, 0.6) is 0 Å². The first-order chi connectivity index (χ1) is 14.3. The van der Waals surface area contributed by atoms with Crippen molar-refractivity contribution in [2.45, 2.75) is 51.7 Å². The third-order valence-electron chi connectivity index (χ3n) is 6.78. The molecule has 0 spiro atoms. The van der Waals surface area contributed by atoms with Crippen LogP contribution in [0.25, 0.3) is 0 Å². The summed E-state index contributed by atoms with van der Waals surface area (Å²) in [5.41, 5.74) is 12.1. The number of benzene rings is 2. The van der Waals surface area contributed by atoms with Gasteiger partial charge in [-0.1, -0.05) is 55.8 Å². The molecule has 2 aromatic carbocycles. The van der Waals surface area contributed by atoms with Crippen molar-refractivity contribution in [3.63, 3.8) is 0 Å². The molecule has 30 heavy (non-hydrogen) atoms. The minimum Gasteiger partial charge on any atom is -0.371 e. The molecule has 0 radical (unpaired) electrons. The van der Waals surface area contributed by atoms with Gasteiger partial charge in [0, 0.05) is 29.5 Å². The molecule has 0 amide bonds. The number of hydrogen-bond donors (Lipinski definition) is 3. The Labute approximate surface area is 176 Å². The fraction of sp³-hybridized carbons (Fsp3) is 0.400. The molecule has 2 heterocycles. The predicted octanol–water partition coefficient (Wildman–Crippen LogP) is 4.26. The molecule has 2 aromatic rings. The molecule has 1 aliphatic carbocycles. The number of fused-ring (bicyclic) bond motifs is 1. The largest absolute Gasteiger partial charge is 0.371 e. The maximum Gasteiger partial charge on any atom is 0.161 e. The molecular weight excluding hydrogens is 377 g/mol. The average molecular weight is 406 g/mol. The highest BCUT2D eigenvalue weighted by Crippen LogP contribution is 2.51. The van der Waals surface area contributed by atoms with E-state index in [4.69, 9.17) is 0 Å². The van der Waals surface area contributed by atoms with Gasteiger partial charge in [-0.05, 0) is 42.0 Å². The zero-order chi connectivity index (χ0) is 21.0. The van der Waals surface area contributed by atoms with E-state index in [9.17, 15) is 9.18 Å². The van der Waals surface area contributed by atoms with E-state index in [0.29, 0.717) is 6.42 Å². The molecule has 0 aromatic heterocycles. The molecule has 156 valence electrons. The van der Waals surface area contributed by atoms with Crippen LogP contribution in [-0.2, 0) is 4.79 Å². The lowest BCUT2D eigenvalue weighted by Gasteiger charge is -2.44. The molecule has 3 N–H and O–H groups in total. The summed E-state index contributed by atoms with van der Waals surface area (Å²) >= 11 is 0. The normalized spacial score (nSPS) is 29.9. The first kappa shape index (κ1) is 19.5. The van der Waals surface area contributed by atoms with Crippen LogP contribution in [-0.4, -0.2) is 11.9 Å². The molecule has 0 saturated carbocycles.